The predicted molar refractivity (Wildman–Crippen MR) is 223 cm³/mol. The monoisotopic (exact) mass is 818 g/mol. The number of rotatable bonds is 11. The zero-order chi connectivity index (χ0) is 41.0. The first-order valence-corrected chi connectivity index (χ1v) is 21.8. The standard InChI is InChI=1S/C44H54N10O6/c1-44(13-14-44)60-39-21-31-34(23-45-39)49-50-40(31)33-22-37(47-26-46-33)53-15-11-29(12-16-53)59-28-5-3-27(4-6-28)24-51-17-19-52(20-18-51)35-8-7-30-32(41(35)58-2)25-54(43(30)57)36-9-10-38(55)48-42(36)56/h7-8,21-23,26-29,36H,3-6,9-20,24-25H2,1-2H3,(H,49,50)(H,48,55,56)/t27-,28-,36?. The highest BCUT2D eigenvalue weighted by Crippen LogP contribution is 2.42. The van der Waals surface area contributed by atoms with E-state index < -0.39 is 11.9 Å². The molecule has 1 unspecified atom stereocenters. The molecule has 3 amide bonds. The van der Waals surface area contributed by atoms with Gasteiger partial charge in [0, 0.05) is 80.9 Å². The number of nitrogens with one attached hydrogen (secondary N) is 2. The minimum Gasteiger partial charge on any atom is -0.494 e. The molecule has 6 aliphatic rings. The molecule has 4 aliphatic heterocycles. The van der Waals surface area contributed by atoms with Crippen molar-refractivity contribution in [1.82, 2.24) is 40.3 Å². The molecule has 0 spiro atoms. The lowest BCUT2D eigenvalue weighted by Gasteiger charge is -2.40. The Balaban J connectivity index is 0.673. The Hall–Kier alpha value is -5.35. The number of H-pyrrole nitrogens is 1. The molecule has 2 N–H and O–H groups in total. The number of fused-ring (bicyclic) bond motifs is 2. The number of nitrogens with zero attached hydrogens (tertiary/aromatic N) is 8. The highest BCUT2D eigenvalue weighted by molar-refractivity contribution is 6.06. The maximum Gasteiger partial charge on any atom is 0.255 e. The van der Waals surface area contributed by atoms with Crippen LogP contribution < -0.4 is 24.6 Å². The van der Waals surface area contributed by atoms with Crippen LogP contribution in [0.1, 0.15) is 87.1 Å². The van der Waals surface area contributed by atoms with Gasteiger partial charge in [0.25, 0.3) is 5.91 Å². The lowest BCUT2D eigenvalue weighted by molar-refractivity contribution is -0.136. The van der Waals surface area contributed by atoms with Crippen molar-refractivity contribution in [2.75, 3.05) is 62.7 Å². The van der Waals surface area contributed by atoms with Crippen LogP contribution in [0.4, 0.5) is 11.5 Å². The van der Waals surface area contributed by atoms with Crippen molar-refractivity contribution in [2.45, 2.75) is 102 Å². The topological polar surface area (TPSA) is 171 Å². The second-order valence-corrected chi connectivity index (χ2v) is 17.8. The van der Waals surface area contributed by atoms with Gasteiger partial charge in [-0.1, -0.05) is 0 Å². The van der Waals surface area contributed by atoms with E-state index >= 15 is 0 Å². The normalized spacial score (nSPS) is 24.8. The number of hydrogen-bond acceptors (Lipinski definition) is 13. The van der Waals surface area contributed by atoms with E-state index in [0.29, 0.717) is 42.2 Å². The van der Waals surface area contributed by atoms with Crippen molar-refractivity contribution in [1.29, 1.82) is 0 Å². The van der Waals surface area contributed by atoms with Crippen LogP contribution in [0.25, 0.3) is 22.3 Å². The number of aromatic amines is 1. The summed E-state index contributed by atoms with van der Waals surface area (Å²) >= 11 is 0. The van der Waals surface area contributed by atoms with E-state index in [-0.39, 0.29) is 29.9 Å². The smallest absolute Gasteiger partial charge is 0.255 e. The summed E-state index contributed by atoms with van der Waals surface area (Å²) in [5.74, 6) is 2.02. The minimum absolute atomic E-state index is 0.108. The average molecular weight is 819 g/mol. The lowest BCUT2D eigenvalue weighted by Crippen LogP contribution is -2.52. The third-order valence-electron chi connectivity index (χ3n) is 13.6. The first-order chi connectivity index (χ1) is 29.2. The Morgan fingerprint density at radius 2 is 1.65 bits per heavy atom. The predicted octanol–water partition coefficient (Wildman–Crippen LogP) is 4.48. The Morgan fingerprint density at radius 1 is 0.867 bits per heavy atom. The molecule has 1 atom stereocenters. The number of imide groups is 1. The second-order valence-electron chi connectivity index (χ2n) is 17.8. The molecule has 2 aliphatic carbocycles. The summed E-state index contributed by atoms with van der Waals surface area (Å²) < 4.78 is 18.8. The first kappa shape index (κ1) is 38.8. The Bertz CT molecular complexity index is 2270. The van der Waals surface area contributed by atoms with Crippen molar-refractivity contribution in [3.63, 3.8) is 0 Å². The van der Waals surface area contributed by atoms with E-state index in [4.69, 9.17) is 14.2 Å². The van der Waals surface area contributed by atoms with Crippen molar-refractivity contribution in [2.24, 2.45) is 5.92 Å². The van der Waals surface area contributed by atoms with Gasteiger partial charge in [-0.25, -0.2) is 15.0 Å². The third kappa shape index (κ3) is 7.75. The summed E-state index contributed by atoms with van der Waals surface area (Å²) in [6.45, 7) is 8.99. The van der Waals surface area contributed by atoms with E-state index in [1.165, 1.54) is 12.8 Å². The van der Waals surface area contributed by atoms with Crippen molar-refractivity contribution in [3.8, 4) is 23.0 Å². The number of hydrogen-bond donors (Lipinski definition) is 2. The van der Waals surface area contributed by atoms with E-state index in [0.717, 1.165) is 124 Å². The molecule has 0 bridgehead atoms. The number of ether oxygens (including phenoxy) is 3. The number of benzene rings is 1. The molecule has 4 aromatic rings. The largest absolute Gasteiger partial charge is 0.494 e. The minimum atomic E-state index is -0.648. The highest BCUT2D eigenvalue weighted by atomic mass is 16.5. The van der Waals surface area contributed by atoms with Crippen molar-refractivity contribution in [3.05, 3.63) is 47.9 Å². The molecule has 1 aromatic carbocycles. The molecule has 10 rings (SSSR count). The van der Waals surface area contributed by atoms with E-state index in [1.54, 1.807) is 24.5 Å². The van der Waals surface area contributed by atoms with Gasteiger partial charge in [-0.15, -0.1) is 0 Å². The molecule has 3 aromatic heterocycles. The Kier molecular flexibility index (Phi) is 10.3. The van der Waals surface area contributed by atoms with Crippen LogP contribution in [0.3, 0.4) is 0 Å². The van der Waals surface area contributed by atoms with Gasteiger partial charge in [0.15, 0.2) is 0 Å². The summed E-state index contributed by atoms with van der Waals surface area (Å²) in [7, 11) is 1.65. The number of carbonyl (C=O) groups excluding carboxylic acids is 3. The maximum absolute atomic E-state index is 13.4. The number of methoxy groups -OCH3 is 1. The molecule has 316 valence electrons. The first-order valence-electron chi connectivity index (χ1n) is 21.8. The highest BCUT2D eigenvalue weighted by Gasteiger charge is 2.42. The van der Waals surface area contributed by atoms with E-state index in [1.807, 2.05) is 24.3 Å². The summed E-state index contributed by atoms with van der Waals surface area (Å²) in [4.78, 5) is 60.2. The molecule has 60 heavy (non-hydrogen) atoms. The van der Waals surface area contributed by atoms with E-state index in [2.05, 4.69) is 52.1 Å². The van der Waals surface area contributed by atoms with E-state index in [9.17, 15) is 14.4 Å². The Labute approximate surface area is 349 Å². The fourth-order valence-corrected chi connectivity index (χ4v) is 9.89. The molecule has 0 radical (unpaired) electrons. The van der Waals surface area contributed by atoms with Gasteiger partial charge >= 0.3 is 0 Å². The molecule has 16 nitrogen and oxygen atoms in total. The van der Waals surface area contributed by atoms with Gasteiger partial charge in [-0.05, 0) is 82.8 Å². The van der Waals surface area contributed by atoms with Crippen LogP contribution in [0.5, 0.6) is 11.6 Å². The summed E-state index contributed by atoms with van der Waals surface area (Å²) in [5.41, 5.74) is 4.67. The maximum atomic E-state index is 13.4. The number of pyridine rings is 1. The van der Waals surface area contributed by atoms with Crippen LogP contribution in [0.15, 0.2) is 36.8 Å². The molecule has 16 heteroatoms. The molecule has 7 heterocycles. The van der Waals surface area contributed by atoms with Gasteiger partial charge in [0.1, 0.15) is 35.2 Å². The SMILES string of the molecule is COc1c(N2CCN(C[C@H]3CC[C@H](OC4CCN(c5cc(-c6n[nH]c7cnc(OC8(C)CC8)cc67)ncn5)CC4)CC3)CC2)ccc2c1CN(C1CCC(=O)NC1=O)C2=O. The second kappa shape index (κ2) is 15.9. The van der Waals surface area contributed by atoms with Crippen molar-refractivity contribution >= 4 is 40.1 Å². The molecular weight excluding hydrogens is 765 g/mol. The van der Waals surface area contributed by atoms with Crippen LogP contribution in [-0.4, -0.2) is 129 Å². The van der Waals surface area contributed by atoms with Gasteiger partial charge < -0.3 is 28.9 Å². The number of piperidine rings is 2. The third-order valence-corrected chi connectivity index (χ3v) is 13.6. The summed E-state index contributed by atoms with van der Waals surface area (Å²) in [5, 5.41) is 11.0. The van der Waals surface area contributed by atoms with Gasteiger partial charge in [-0.2, -0.15) is 5.10 Å². The fraction of sp³-hybridized carbons (Fsp3) is 0.568. The Morgan fingerprint density at radius 3 is 2.40 bits per heavy atom. The van der Waals surface area contributed by atoms with Crippen LogP contribution in [0.2, 0.25) is 0 Å². The zero-order valence-corrected chi connectivity index (χ0v) is 34.5. The van der Waals surface area contributed by atoms with Gasteiger partial charge in [-0.3, -0.25) is 29.7 Å². The fourth-order valence-electron chi connectivity index (χ4n) is 9.89. The van der Waals surface area contributed by atoms with Crippen LogP contribution in [-0.2, 0) is 20.9 Å². The number of aromatic nitrogens is 5. The average Bonchev–Trinajstić information content (AvgIpc) is 3.68. The zero-order valence-electron chi connectivity index (χ0n) is 34.5. The van der Waals surface area contributed by atoms with Crippen LogP contribution in [0, 0.1) is 5.92 Å². The number of piperazine rings is 1. The van der Waals surface area contributed by atoms with Crippen molar-refractivity contribution < 1.29 is 28.6 Å². The number of amides is 3. The number of carbonyl (C=O) groups is 3. The van der Waals surface area contributed by atoms with Gasteiger partial charge in [0.2, 0.25) is 17.7 Å². The van der Waals surface area contributed by atoms with Crippen LogP contribution >= 0.6 is 0 Å². The molecular formula is C44H54N10O6. The summed E-state index contributed by atoms with van der Waals surface area (Å²) in [6.07, 6.45) is 13.2. The molecule has 2 saturated carbocycles. The molecule has 3 saturated heterocycles. The number of anilines is 2. The van der Waals surface area contributed by atoms with Gasteiger partial charge in [0.05, 0.1) is 49.0 Å². The summed E-state index contributed by atoms with van der Waals surface area (Å²) in [6, 6.07) is 7.20. The lowest BCUT2D eigenvalue weighted by atomic mass is 9.86. The quantitative estimate of drug-likeness (QED) is 0.203. The molecule has 5 fully saturated rings.